The molecule has 0 amide bonds. The Balaban J connectivity index is 0.00000320. The second-order valence-corrected chi connectivity index (χ2v) is 8.59. The SMILES string of the molecule is CN=C(NCCc1ccc(OCC(C)C)cc1)N1CCC(CN2CCOCC2)C1.I. The summed E-state index contributed by atoms with van der Waals surface area (Å²) >= 11 is 0. The average Bonchev–Trinajstić information content (AvgIpc) is 3.19. The highest BCUT2D eigenvalue weighted by atomic mass is 127. The van der Waals surface area contributed by atoms with Crippen molar-refractivity contribution in [1.82, 2.24) is 15.1 Å². The van der Waals surface area contributed by atoms with Crippen LogP contribution >= 0.6 is 24.0 Å². The summed E-state index contributed by atoms with van der Waals surface area (Å²) in [7, 11) is 1.89. The van der Waals surface area contributed by atoms with E-state index in [4.69, 9.17) is 9.47 Å². The molecular weight excluding hydrogens is 491 g/mol. The zero-order chi connectivity index (χ0) is 20.5. The minimum Gasteiger partial charge on any atom is -0.493 e. The predicted octanol–water partition coefficient (Wildman–Crippen LogP) is 3.11. The molecule has 1 aromatic rings. The second-order valence-electron chi connectivity index (χ2n) is 8.59. The number of aliphatic imine (C=N–C) groups is 1. The van der Waals surface area contributed by atoms with Crippen LogP contribution in [0.25, 0.3) is 0 Å². The lowest BCUT2D eigenvalue weighted by Gasteiger charge is -2.29. The van der Waals surface area contributed by atoms with Crippen molar-refractivity contribution in [2.24, 2.45) is 16.8 Å². The minimum absolute atomic E-state index is 0. The van der Waals surface area contributed by atoms with E-state index in [1.165, 1.54) is 18.5 Å². The van der Waals surface area contributed by atoms with Crippen molar-refractivity contribution >= 4 is 29.9 Å². The quantitative estimate of drug-likeness (QED) is 0.318. The summed E-state index contributed by atoms with van der Waals surface area (Å²) < 4.78 is 11.2. The van der Waals surface area contributed by atoms with Crippen LogP contribution in [-0.4, -0.2) is 81.9 Å². The largest absolute Gasteiger partial charge is 0.493 e. The summed E-state index contributed by atoms with van der Waals surface area (Å²) in [4.78, 5) is 9.47. The maximum absolute atomic E-state index is 5.76. The van der Waals surface area contributed by atoms with Crippen LogP contribution in [0.2, 0.25) is 0 Å². The van der Waals surface area contributed by atoms with E-state index >= 15 is 0 Å². The normalized spacial score (nSPS) is 20.3. The smallest absolute Gasteiger partial charge is 0.193 e. The third kappa shape index (κ3) is 8.23. The van der Waals surface area contributed by atoms with Gasteiger partial charge in [-0.2, -0.15) is 0 Å². The van der Waals surface area contributed by atoms with Gasteiger partial charge in [0, 0.05) is 46.3 Å². The molecule has 1 N–H and O–H groups in total. The molecule has 3 rings (SSSR count). The van der Waals surface area contributed by atoms with Crippen molar-refractivity contribution in [3.63, 3.8) is 0 Å². The molecule has 6 nitrogen and oxygen atoms in total. The van der Waals surface area contributed by atoms with Crippen LogP contribution in [-0.2, 0) is 11.2 Å². The van der Waals surface area contributed by atoms with Crippen molar-refractivity contribution in [2.45, 2.75) is 26.7 Å². The minimum atomic E-state index is 0. The van der Waals surface area contributed by atoms with Gasteiger partial charge in [-0.1, -0.05) is 26.0 Å². The molecule has 7 heteroatoms. The van der Waals surface area contributed by atoms with Gasteiger partial charge in [0.05, 0.1) is 19.8 Å². The van der Waals surface area contributed by atoms with E-state index in [1.54, 1.807) is 0 Å². The number of nitrogens with zero attached hydrogens (tertiary/aromatic N) is 3. The molecule has 1 atom stereocenters. The molecule has 2 aliphatic rings. The Hall–Kier alpha value is -1.06. The molecule has 0 aliphatic carbocycles. The van der Waals surface area contributed by atoms with Gasteiger partial charge in [-0.05, 0) is 42.4 Å². The number of hydrogen-bond donors (Lipinski definition) is 1. The maximum atomic E-state index is 5.76. The summed E-state index contributed by atoms with van der Waals surface area (Å²) in [5.41, 5.74) is 1.32. The van der Waals surface area contributed by atoms with Crippen molar-refractivity contribution in [3.8, 4) is 5.75 Å². The van der Waals surface area contributed by atoms with Crippen LogP contribution in [0.5, 0.6) is 5.75 Å². The van der Waals surface area contributed by atoms with Crippen molar-refractivity contribution in [1.29, 1.82) is 0 Å². The summed E-state index contributed by atoms with van der Waals surface area (Å²) in [5, 5.41) is 3.55. The Morgan fingerprint density at radius 1 is 1.20 bits per heavy atom. The first kappa shape index (κ1) is 25.2. The highest BCUT2D eigenvalue weighted by molar-refractivity contribution is 14.0. The maximum Gasteiger partial charge on any atom is 0.193 e. The number of morpholine rings is 1. The fraction of sp³-hybridized carbons (Fsp3) is 0.696. The summed E-state index contributed by atoms with van der Waals surface area (Å²) in [6, 6.07) is 8.47. The number of likely N-dealkylation sites (tertiary alicyclic amines) is 1. The standard InChI is InChI=1S/C23H38N4O2.HI/c1-19(2)18-29-22-6-4-20(5-7-22)8-10-25-23(24-3)27-11-9-21(17-27)16-26-12-14-28-15-13-26;/h4-7,19,21H,8-18H2,1-3H3,(H,24,25);1H. The average molecular weight is 530 g/mol. The van der Waals surface area contributed by atoms with E-state index < -0.39 is 0 Å². The highest BCUT2D eigenvalue weighted by Crippen LogP contribution is 2.18. The molecule has 0 spiro atoms. The zero-order valence-corrected chi connectivity index (χ0v) is 21.1. The summed E-state index contributed by atoms with van der Waals surface area (Å²) in [5.74, 6) is 3.26. The molecule has 0 aromatic heterocycles. The van der Waals surface area contributed by atoms with Gasteiger partial charge in [0.15, 0.2) is 5.96 Å². The first-order chi connectivity index (χ1) is 14.1. The van der Waals surface area contributed by atoms with Gasteiger partial charge in [-0.3, -0.25) is 9.89 Å². The molecule has 2 saturated heterocycles. The third-order valence-corrected chi connectivity index (χ3v) is 5.62. The molecule has 0 radical (unpaired) electrons. The molecule has 170 valence electrons. The van der Waals surface area contributed by atoms with Gasteiger partial charge < -0.3 is 19.7 Å². The fourth-order valence-electron chi connectivity index (χ4n) is 3.99. The number of rotatable bonds is 8. The van der Waals surface area contributed by atoms with E-state index in [9.17, 15) is 0 Å². The molecule has 0 bridgehead atoms. The molecule has 1 unspecified atom stereocenters. The monoisotopic (exact) mass is 530 g/mol. The number of halogens is 1. The predicted molar refractivity (Wildman–Crippen MR) is 134 cm³/mol. The Labute approximate surface area is 199 Å². The summed E-state index contributed by atoms with van der Waals surface area (Å²) in [6.07, 6.45) is 2.23. The van der Waals surface area contributed by atoms with E-state index in [0.29, 0.717) is 5.92 Å². The number of nitrogens with one attached hydrogen (secondary N) is 1. The molecule has 0 saturated carbocycles. The molecule has 2 fully saturated rings. The Morgan fingerprint density at radius 2 is 1.93 bits per heavy atom. The number of ether oxygens (including phenoxy) is 2. The van der Waals surface area contributed by atoms with Gasteiger partial charge in [0.25, 0.3) is 0 Å². The zero-order valence-electron chi connectivity index (χ0n) is 18.8. The van der Waals surface area contributed by atoms with Crippen molar-refractivity contribution in [2.75, 3.05) is 66.1 Å². The summed E-state index contributed by atoms with van der Waals surface area (Å²) in [6.45, 7) is 13.3. The number of hydrogen-bond acceptors (Lipinski definition) is 4. The van der Waals surface area contributed by atoms with Crippen LogP contribution in [0.4, 0.5) is 0 Å². The van der Waals surface area contributed by atoms with E-state index in [2.05, 4.69) is 58.2 Å². The van der Waals surface area contributed by atoms with Gasteiger partial charge >= 0.3 is 0 Å². The van der Waals surface area contributed by atoms with Crippen LogP contribution in [0.3, 0.4) is 0 Å². The topological polar surface area (TPSA) is 49.3 Å². The van der Waals surface area contributed by atoms with E-state index in [-0.39, 0.29) is 24.0 Å². The third-order valence-electron chi connectivity index (χ3n) is 5.62. The Kier molecular flexibility index (Phi) is 11.2. The van der Waals surface area contributed by atoms with Crippen LogP contribution < -0.4 is 10.1 Å². The molecule has 1 aromatic carbocycles. The number of guanidine groups is 1. The molecule has 2 heterocycles. The number of benzene rings is 1. The van der Waals surface area contributed by atoms with E-state index in [1.807, 2.05) is 7.05 Å². The van der Waals surface area contributed by atoms with Gasteiger partial charge in [0.2, 0.25) is 0 Å². The second kappa shape index (κ2) is 13.4. The van der Waals surface area contributed by atoms with E-state index in [0.717, 1.165) is 76.6 Å². The highest BCUT2D eigenvalue weighted by Gasteiger charge is 2.26. The van der Waals surface area contributed by atoms with Gasteiger partial charge in [0.1, 0.15) is 5.75 Å². The lowest BCUT2D eigenvalue weighted by atomic mass is 10.1. The van der Waals surface area contributed by atoms with Crippen LogP contribution in [0.1, 0.15) is 25.8 Å². The molecule has 30 heavy (non-hydrogen) atoms. The van der Waals surface area contributed by atoms with Gasteiger partial charge in [-0.25, -0.2) is 0 Å². The Morgan fingerprint density at radius 3 is 2.60 bits per heavy atom. The lowest BCUT2D eigenvalue weighted by Crippen LogP contribution is -2.42. The molecule has 2 aliphatic heterocycles. The first-order valence-electron chi connectivity index (χ1n) is 11.1. The van der Waals surface area contributed by atoms with Crippen LogP contribution in [0.15, 0.2) is 29.3 Å². The fourth-order valence-corrected chi connectivity index (χ4v) is 3.99. The lowest BCUT2D eigenvalue weighted by molar-refractivity contribution is 0.0315. The van der Waals surface area contributed by atoms with Crippen molar-refractivity contribution < 1.29 is 9.47 Å². The Bertz CT molecular complexity index is 633. The molecular formula is C23H39IN4O2. The first-order valence-corrected chi connectivity index (χ1v) is 11.1. The van der Waals surface area contributed by atoms with Crippen molar-refractivity contribution in [3.05, 3.63) is 29.8 Å². The van der Waals surface area contributed by atoms with Crippen LogP contribution in [0, 0.1) is 11.8 Å². The van der Waals surface area contributed by atoms with Gasteiger partial charge in [-0.15, -0.1) is 24.0 Å².